The molecule has 0 aliphatic heterocycles. The number of nitrogens with zero attached hydrogens (tertiary/aromatic N) is 4. The number of ether oxygens (including phenoxy) is 1. The summed E-state index contributed by atoms with van der Waals surface area (Å²) in [6, 6.07) is 15.0. The van der Waals surface area contributed by atoms with Crippen molar-refractivity contribution in [1.29, 1.82) is 5.26 Å². The summed E-state index contributed by atoms with van der Waals surface area (Å²) in [6.45, 7) is 4.00. The van der Waals surface area contributed by atoms with Crippen LogP contribution in [0.15, 0.2) is 54.9 Å². The minimum Gasteiger partial charge on any atom is -0.484 e. The third-order valence-electron chi connectivity index (χ3n) is 3.91. The lowest BCUT2D eigenvalue weighted by Gasteiger charge is -2.11. The van der Waals surface area contributed by atoms with E-state index in [2.05, 4.69) is 29.2 Å². The molecule has 0 spiro atoms. The number of pyridine rings is 1. The van der Waals surface area contributed by atoms with Gasteiger partial charge in [0.15, 0.2) is 18.2 Å². The smallest absolute Gasteiger partial charge is 0.263 e. The molecule has 3 aromatic rings. The molecule has 1 amide bonds. The minimum atomic E-state index is -0.390. The zero-order chi connectivity index (χ0) is 19.2. The molecule has 0 fully saturated rings. The molecule has 7 heteroatoms. The van der Waals surface area contributed by atoms with Crippen LogP contribution in [0, 0.1) is 11.3 Å². The topological polar surface area (TPSA) is 92.8 Å². The van der Waals surface area contributed by atoms with Crippen LogP contribution in [0.1, 0.15) is 30.9 Å². The standard InChI is InChI=1S/C20H19N5O2/c1-14(2)15-6-5-7-17(10-15)27-13-19(26)24-20-16(11-21)12-23-25(20)18-8-3-4-9-22-18/h3-10,12,14H,13H2,1-2H3,(H,24,26). The van der Waals surface area contributed by atoms with E-state index in [1.807, 2.05) is 24.3 Å². The second-order valence-corrected chi connectivity index (χ2v) is 6.18. The van der Waals surface area contributed by atoms with E-state index in [-0.39, 0.29) is 23.9 Å². The van der Waals surface area contributed by atoms with Crippen LogP contribution in [-0.4, -0.2) is 27.3 Å². The molecule has 3 rings (SSSR count). The Balaban J connectivity index is 1.72. The first-order valence-corrected chi connectivity index (χ1v) is 8.50. The summed E-state index contributed by atoms with van der Waals surface area (Å²) in [5.74, 6) is 1.36. The van der Waals surface area contributed by atoms with E-state index < -0.39 is 0 Å². The van der Waals surface area contributed by atoms with Crippen LogP contribution >= 0.6 is 0 Å². The van der Waals surface area contributed by atoms with E-state index in [0.29, 0.717) is 17.5 Å². The molecule has 7 nitrogen and oxygen atoms in total. The van der Waals surface area contributed by atoms with Crippen molar-refractivity contribution in [3.63, 3.8) is 0 Å². The molecule has 0 atom stereocenters. The van der Waals surface area contributed by atoms with Crippen LogP contribution < -0.4 is 10.1 Å². The number of amides is 1. The van der Waals surface area contributed by atoms with Crippen molar-refractivity contribution in [3.8, 4) is 17.6 Å². The van der Waals surface area contributed by atoms with E-state index in [9.17, 15) is 10.1 Å². The van der Waals surface area contributed by atoms with Gasteiger partial charge in [0.2, 0.25) is 0 Å². The summed E-state index contributed by atoms with van der Waals surface area (Å²) >= 11 is 0. The van der Waals surface area contributed by atoms with Crippen molar-refractivity contribution < 1.29 is 9.53 Å². The molecule has 2 heterocycles. The highest BCUT2D eigenvalue weighted by Gasteiger charge is 2.16. The lowest BCUT2D eigenvalue weighted by Crippen LogP contribution is -2.22. The summed E-state index contributed by atoms with van der Waals surface area (Å²) in [4.78, 5) is 16.5. The molecule has 0 aliphatic rings. The zero-order valence-corrected chi connectivity index (χ0v) is 15.1. The quantitative estimate of drug-likeness (QED) is 0.727. The van der Waals surface area contributed by atoms with Gasteiger partial charge in [0, 0.05) is 6.20 Å². The predicted molar refractivity (Wildman–Crippen MR) is 101 cm³/mol. The van der Waals surface area contributed by atoms with Crippen LogP contribution in [0.4, 0.5) is 5.82 Å². The van der Waals surface area contributed by atoms with Crippen molar-refractivity contribution in [2.75, 3.05) is 11.9 Å². The van der Waals surface area contributed by atoms with Crippen molar-refractivity contribution in [2.45, 2.75) is 19.8 Å². The van der Waals surface area contributed by atoms with Crippen LogP contribution in [0.3, 0.4) is 0 Å². The molecule has 0 bridgehead atoms. The van der Waals surface area contributed by atoms with E-state index in [4.69, 9.17) is 4.74 Å². The molecule has 0 saturated heterocycles. The first-order chi connectivity index (χ1) is 13.1. The number of nitriles is 1. The van der Waals surface area contributed by atoms with Gasteiger partial charge >= 0.3 is 0 Å². The molecule has 0 aliphatic carbocycles. The van der Waals surface area contributed by atoms with Gasteiger partial charge < -0.3 is 10.1 Å². The number of benzene rings is 1. The van der Waals surface area contributed by atoms with Gasteiger partial charge in [-0.15, -0.1) is 0 Å². The third-order valence-corrected chi connectivity index (χ3v) is 3.91. The molecular formula is C20H19N5O2. The molecule has 0 saturated carbocycles. The Labute approximate surface area is 157 Å². The number of rotatable bonds is 6. The molecule has 1 N–H and O–H groups in total. The van der Waals surface area contributed by atoms with E-state index in [1.54, 1.807) is 30.5 Å². The van der Waals surface area contributed by atoms with Gasteiger partial charge in [-0.1, -0.05) is 32.0 Å². The lowest BCUT2D eigenvalue weighted by atomic mass is 10.0. The molecular weight excluding hydrogens is 342 g/mol. The maximum Gasteiger partial charge on any atom is 0.263 e. The van der Waals surface area contributed by atoms with Crippen LogP contribution in [-0.2, 0) is 4.79 Å². The summed E-state index contributed by atoms with van der Waals surface area (Å²) in [5, 5.41) is 16.1. The first kappa shape index (κ1) is 18.1. The Kier molecular flexibility index (Phi) is 5.47. The van der Waals surface area contributed by atoms with E-state index in [0.717, 1.165) is 5.56 Å². The van der Waals surface area contributed by atoms with Crippen molar-refractivity contribution in [1.82, 2.24) is 14.8 Å². The Morgan fingerprint density at radius 1 is 1.30 bits per heavy atom. The fourth-order valence-corrected chi connectivity index (χ4v) is 2.48. The molecule has 136 valence electrons. The maximum absolute atomic E-state index is 12.3. The second kappa shape index (κ2) is 8.15. The first-order valence-electron chi connectivity index (χ1n) is 8.50. The lowest BCUT2D eigenvalue weighted by molar-refractivity contribution is -0.118. The Bertz CT molecular complexity index is 974. The van der Waals surface area contributed by atoms with Crippen LogP contribution in [0.25, 0.3) is 5.82 Å². The number of anilines is 1. The van der Waals surface area contributed by atoms with Crippen LogP contribution in [0.5, 0.6) is 5.75 Å². The number of hydrogen-bond donors (Lipinski definition) is 1. The Morgan fingerprint density at radius 3 is 2.85 bits per heavy atom. The van der Waals surface area contributed by atoms with Crippen molar-refractivity contribution in [3.05, 3.63) is 66.0 Å². The maximum atomic E-state index is 12.3. The van der Waals surface area contributed by atoms with Crippen molar-refractivity contribution >= 4 is 11.7 Å². The fourth-order valence-electron chi connectivity index (χ4n) is 2.48. The predicted octanol–water partition coefficient (Wildman–Crippen LogP) is 3.28. The van der Waals surface area contributed by atoms with Crippen LogP contribution in [0.2, 0.25) is 0 Å². The average Bonchev–Trinajstić information content (AvgIpc) is 3.09. The Morgan fingerprint density at radius 2 is 2.15 bits per heavy atom. The van der Waals surface area contributed by atoms with Gasteiger partial charge in [0.1, 0.15) is 17.4 Å². The summed E-state index contributed by atoms with van der Waals surface area (Å²) in [5.41, 5.74) is 1.38. The number of aromatic nitrogens is 3. The number of nitrogens with one attached hydrogen (secondary N) is 1. The SMILES string of the molecule is CC(C)c1cccc(OCC(=O)Nc2c(C#N)cnn2-c2ccccn2)c1. The Hall–Kier alpha value is -3.66. The van der Waals surface area contributed by atoms with Gasteiger partial charge in [0.25, 0.3) is 5.91 Å². The highest BCUT2D eigenvalue weighted by atomic mass is 16.5. The summed E-state index contributed by atoms with van der Waals surface area (Å²) in [7, 11) is 0. The zero-order valence-electron chi connectivity index (χ0n) is 15.1. The molecule has 2 aromatic heterocycles. The van der Waals surface area contributed by atoms with Gasteiger partial charge in [-0.2, -0.15) is 15.0 Å². The number of hydrogen-bond acceptors (Lipinski definition) is 5. The van der Waals surface area contributed by atoms with E-state index >= 15 is 0 Å². The average molecular weight is 361 g/mol. The van der Waals surface area contributed by atoms with Gasteiger partial charge in [-0.25, -0.2) is 4.98 Å². The largest absolute Gasteiger partial charge is 0.484 e. The molecule has 27 heavy (non-hydrogen) atoms. The minimum absolute atomic E-state index is 0.181. The van der Waals surface area contributed by atoms with E-state index in [1.165, 1.54) is 10.9 Å². The second-order valence-electron chi connectivity index (χ2n) is 6.18. The van der Waals surface area contributed by atoms with Gasteiger partial charge in [-0.05, 0) is 35.7 Å². The molecule has 0 unspecified atom stereocenters. The summed E-state index contributed by atoms with van der Waals surface area (Å²) in [6.07, 6.45) is 3.00. The molecule has 0 radical (unpaired) electrons. The summed E-state index contributed by atoms with van der Waals surface area (Å²) < 4.78 is 7.00. The third kappa shape index (κ3) is 4.30. The van der Waals surface area contributed by atoms with Crippen molar-refractivity contribution in [2.24, 2.45) is 0 Å². The number of carbonyl (C=O) groups excluding carboxylic acids is 1. The number of carbonyl (C=O) groups is 1. The highest BCUT2D eigenvalue weighted by molar-refractivity contribution is 5.92. The monoisotopic (exact) mass is 361 g/mol. The van der Waals surface area contributed by atoms with Gasteiger partial charge in [0.05, 0.1) is 6.20 Å². The normalized spacial score (nSPS) is 10.4. The molecule has 1 aromatic carbocycles. The fraction of sp³-hybridized carbons (Fsp3) is 0.200. The highest BCUT2D eigenvalue weighted by Crippen LogP contribution is 2.21. The van der Waals surface area contributed by atoms with Gasteiger partial charge in [-0.3, -0.25) is 4.79 Å².